The van der Waals surface area contributed by atoms with Gasteiger partial charge in [0.15, 0.2) is 0 Å². The Morgan fingerprint density at radius 2 is 1.04 bits per heavy atom. The zero-order valence-corrected chi connectivity index (χ0v) is 31.8. The quantitative estimate of drug-likeness (QED) is 0.171. The van der Waals surface area contributed by atoms with Crippen LogP contribution in [0.4, 0.5) is 17.1 Å². The fourth-order valence-electron chi connectivity index (χ4n) is 9.67. The van der Waals surface area contributed by atoms with Crippen LogP contribution in [0.1, 0.15) is 47.2 Å². The van der Waals surface area contributed by atoms with E-state index in [0.29, 0.717) is 0 Å². The summed E-state index contributed by atoms with van der Waals surface area (Å²) < 4.78 is 0. The molecular formula is C55H41N. The molecule has 2 aliphatic rings. The van der Waals surface area contributed by atoms with E-state index >= 15 is 0 Å². The van der Waals surface area contributed by atoms with Gasteiger partial charge in [-0.15, -0.1) is 0 Å². The molecule has 0 aliphatic heterocycles. The molecule has 0 radical (unpaired) electrons. The monoisotopic (exact) mass is 715 g/mol. The SMILES string of the molecule is CC1(C)c2ccccc2-c2ccc(N(c3ccc(-c4ccc(-c5ccccc5)cc4)cc3)c3ccc4c5cc(ccc35)Cc3cccc5cccc(c35)C4)cc21. The molecule has 0 unspecified atom stereocenters. The topological polar surface area (TPSA) is 3.24 Å². The third-order valence-corrected chi connectivity index (χ3v) is 12.5. The second-order valence-electron chi connectivity index (χ2n) is 16.1. The molecular weight excluding hydrogens is 675 g/mol. The molecule has 11 rings (SSSR count). The average Bonchev–Trinajstić information content (AvgIpc) is 3.50. The lowest BCUT2D eigenvalue weighted by Crippen LogP contribution is -2.16. The van der Waals surface area contributed by atoms with E-state index < -0.39 is 0 Å². The standard InChI is InChI=1S/C55H41N/c1-55(2)51-17-7-6-16-47(51)48-30-28-46(35-52(48)55)56(45-26-23-40(24-27-45)39-21-19-38(20-22-39)37-10-4-3-5-11-37)53-31-25-42-34-44-15-9-13-41-12-8-14-43(54(41)44)32-36-18-29-49(53)50(42)33-36/h3-31,33,35H,32,34H2,1-2H3. The van der Waals surface area contributed by atoms with Crippen molar-refractivity contribution in [3.63, 3.8) is 0 Å². The highest BCUT2D eigenvalue weighted by Gasteiger charge is 2.36. The minimum absolute atomic E-state index is 0.102. The van der Waals surface area contributed by atoms with Crippen LogP contribution < -0.4 is 4.90 Å². The van der Waals surface area contributed by atoms with Gasteiger partial charge in [-0.1, -0.05) is 172 Å². The van der Waals surface area contributed by atoms with Gasteiger partial charge in [0.1, 0.15) is 0 Å². The Morgan fingerprint density at radius 3 is 1.79 bits per heavy atom. The Bertz CT molecular complexity index is 2960. The number of rotatable bonds is 5. The van der Waals surface area contributed by atoms with Crippen molar-refractivity contribution in [2.24, 2.45) is 0 Å². The molecule has 0 heterocycles. The normalized spacial score (nSPS) is 13.5. The zero-order chi connectivity index (χ0) is 37.4. The maximum absolute atomic E-state index is 2.49. The van der Waals surface area contributed by atoms with Crippen molar-refractivity contribution in [3.8, 4) is 33.4 Å². The van der Waals surface area contributed by atoms with E-state index in [4.69, 9.17) is 0 Å². The van der Waals surface area contributed by atoms with Gasteiger partial charge in [0.2, 0.25) is 0 Å². The highest BCUT2D eigenvalue weighted by atomic mass is 15.1. The molecule has 1 heteroatoms. The van der Waals surface area contributed by atoms with Crippen molar-refractivity contribution in [2.45, 2.75) is 32.1 Å². The Labute approximate surface area is 329 Å². The summed E-state index contributed by atoms with van der Waals surface area (Å²) in [5.41, 5.74) is 19.3. The Balaban J connectivity index is 1.06. The van der Waals surface area contributed by atoms with Gasteiger partial charge in [0.25, 0.3) is 0 Å². The van der Waals surface area contributed by atoms with Crippen molar-refractivity contribution >= 4 is 38.6 Å². The first-order valence-corrected chi connectivity index (χ1v) is 19.8. The molecule has 0 fully saturated rings. The van der Waals surface area contributed by atoms with Gasteiger partial charge in [0.05, 0.1) is 5.69 Å². The largest absolute Gasteiger partial charge is 0.310 e. The van der Waals surface area contributed by atoms with E-state index in [-0.39, 0.29) is 5.41 Å². The number of anilines is 3. The Kier molecular flexibility index (Phi) is 7.41. The van der Waals surface area contributed by atoms with E-state index in [2.05, 4.69) is 207 Å². The number of fused-ring (bicyclic) bond motifs is 4. The number of hydrogen-bond acceptors (Lipinski definition) is 1. The van der Waals surface area contributed by atoms with Crippen molar-refractivity contribution in [2.75, 3.05) is 4.90 Å². The molecule has 9 aromatic rings. The summed E-state index contributed by atoms with van der Waals surface area (Å²) >= 11 is 0. The predicted octanol–water partition coefficient (Wildman–Crippen LogP) is 14.6. The smallest absolute Gasteiger partial charge is 0.0540 e. The van der Waals surface area contributed by atoms with E-state index in [9.17, 15) is 0 Å². The third kappa shape index (κ3) is 5.23. The predicted molar refractivity (Wildman–Crippen MR) is 237 cm³/mol. The number of benzene rings is 9. The van der Waals surface area contributed by atoms with Crippen LogP contribution in [0, 0.1) is 0 Å². The molecule has 2 bridgehead atoms. The maximum Gasteiger partial charge on any atom is 0.0540 e. The van der Waals surface area contributed by atoms with E-state index in [1.165, 1.54) is 99.7 Å². The fraction of sp³-hybridized carbons (Fsp3) is 0.0909. The lowest BCUT2D eigenvalue weighted by Gasteiger charge is -2.29. The van der Waals surface area contributed by atoms with Crippen molar-refractivity contribution in [3.05, 3.63) is 221 Å². The van der Waals surface area contributed by atoms with E-state index in [1.807, 2.05) is 0 Å². The average molecular weight is 716 g/mol. The number of nitrogens with zero attached hydrogens (tertiary/aromatic N) is 1. The maximum atomic E-state index is 2.49. The van der Waals surface area contributed by atoms with Gasteiger partial charge in [-0.05, 0) is 126 Å². The van der Waals surface area contributed by atoms with Crippen LogP contribution >= 0.6 is 0 Å². The second-order valence-corrected chi connectivity index (χ2v) is 16.1. The summed E-state index contributed by atoms with van der Waals surface area (Å²) in [6.45, 7) is 4.74. The summed E-state index contributed by atoms with van der Waals surface area (Å²) in [4.78, 5) is 2.49. The highest BCUT2D eigenvalue weighted by molar-refractivity contribution is 6.02. The van der Waals surface area contributed by atoms with Gasteiger partial charge in [0, 0.05) is 22.2 Å². The summed E-state index contributed by atoms with van der Waals surface area (Å²) in [5, 5.41) is 5.34. The van der Waals surface area contributed by atoms with Gasteiger partial charge < -0.3 is 4.90 Å². The van der Waals surface area contributed by atoms with Gasteiger partial charge in [-0.3, -0.25) is 0 Å². The molecule has 0 N–H and O–H groups in total. The van der Waals surface area contributed by atoms with E-state index in [1.54, 1.807) is 0 Å². The molecule has 0 amide bonds. The van der Waals surface area contributed by atoms with Gasteiger partial charge in [-0.25, -0.2) is 0 Å². The first-order chi connectivity index (χ1) is 27.5. The molecule has 266 valence electrons. The second kappa shape index (κ2) is 12.7. The summed E-state index contributed by atoms with van der Waals surface area (Å²) in [6, 6.07) is 70.3. The molecule has 0 saturated heterocycles. The summed E-state index contributed by atoms with van der Waals surface area (Å²) in [7, 11) is 0. The van der Waals surface area contributed by atoms with Crippen LogP contribution in [0.15, 0.2) is 188 Å². The summed E-state index contributed by atoms with van der Waals surface area (Å²) in [6.07, 6.45) is 1.82. The minimum Gasteiger partial charge on any atom is -0.310 e. The molecule has 0 aromatic heterocycles. The Hall–Kier alpha value is -6.70. The van der Waals surface area contributed by atoms with Gasteiger partial charge >= 0.3 is 0 Å². The summed E-state index contributed by atoms with van der Waals surface area (Å²) in [5.74, 6) is 0. The van der Waals surface area contributed by atoms with Crippen LogP contribution in [0.3, 0.4) is 0 Å². The van der Waals surface area contributed by atoms with Crippen LogP contribution in [0.25, 0.3) is 54.9 Å². The third-order valence-electron chi connectivity index (χ3n) is 12.5. The highest BCUT2D eigenvalue weighted by Crippen LogP contribution is 2.51. The molecule has 9 aromatic carbocycles. The molecule has 1 nitrogen and oxygen atoms in total. The fourth-order valence-corrected chi connectivity index (χ4v) is 9.67. The lowest BCUT2D eigenvalue weighted by molar-refractivity contribution is 0.660. The lowest BCUT2D eigenvalue weighted by atomic mass is 9.82. The van der Waals surface area contributed by atoms with Crippen molar-refractivity contribution in [1.82, 2.24) is 0 Å². The van der Waals surface area contributed by atoms with Crippen LogP contribution in [0.5, 0.6) is 0 Å². The minimum atomic E-state index is -0.102. The zero-order valence-electron chi connectivity index (χ0n) is 31.8. The van der Waals surface area contributed by atoms with Crippen molar-refractivity contribution < 1.29 is 0 Å². The van der Waals surface area contributed by atoms with Crippen LogP contribution in [-0.4, -0.2) is 0 Å². The van der Waals surface area contributed by atoms with Crippen molar-refractivity contribution in [1.29, 1.82) is 0 Å². The molecule has 0 saturated carbocycles. The molecule has 0 spiro atoms. The number of hydrogen-bond donors (Lipinski definition) is 0. The van der Waals surface area contributed by atoms with Crippen LogP contribution in [0.2, 0.25) is 0 Å². The van der Waals surface area contributed by atoms with Gasteiger partial charge in [-0.2, -0.15) is 0 Å². The van der Waals surface area contributed by atoms with Crippen LogP contribution in [-0.2, 0) is 18.3 Å². The molecule has 0 atom stereocenters. The molecule has 2 aliphatic carbocycles. The molecule has 56 heavy (non-hydrogen) atoms. The first kappa shape index (κ1) is 32.7. The van der Waals surface area contributed by atoms with E-state index in [0.717, 1.165) is 18.5 Å². The first-order valence-electron chi connectivity index (χ1n) is 19.8. The Morgan fingerprint density at radius 1 is 0.411 bits per heavy atom.